The first-order valence-corrected chi connectivity index (χ1v) is 8.09. The Kier molecular flexibility index (Phi) is 4.33. The van der Waals surface area contributed by atoms with Crippen molar-refractivity contribution in [3.63, 3.8) is 0 Å². The zero-order chi connectivity index (χ0) is 15.6. The number of rotatable bonds is 6. The molecular weight excluding hydrogens is 292 g/mol. The summed E-state index contributed by atoms with van der Waals surface area (Å²) < 4.78 is 28.5. The molecule has 2 rings (SSSR count). The Bertz CT molecular complexity index is 731. The maximum absolute atomic E-state index is 12.3. The van der Waals surface area contributed by atoms with Crippen molar-refractivity contribution < 1.29 is 8.42 Å². The fourth-order valence-corrected chi connectivity index (χ4v) is 3.53. The van der Waals surface area contributed by atoms with Crippen molar-refractivity contribution in [2.75, 3.05) is 12.3 Å². The first-order valence-electron chi connectivity index (χ1n) is 6.60. The molecule has 2 heterocycles. The summed E-state index contributed by atoms with van der Waals surface area (Å²) in [5, 5.41) is 10.7. The standard InChI is InChI=1S/C12H20N6O2S/c1-8-10(7-14-16-8)5-4-6-15-21(19,20)11-9(2)18(3)17-12(11)13/h7,15H,4-6H2,1-3H3,(H2,13,17)(H,14,16). The average Bonchev–Trinajstić information content (AvgIpc) is 2.90. The summed E-state index contributed by atoms with van der Waals surface area (Å²) >= 11 is 0. The van der Waals surface area contributed by atoms with Crippen LogP contribution in [0.4, 0.5) is 5.82 Å². The molecule has 0 saturated carbocycles. The minimum atomic E-state index is -3.63. The Balaban J connectivity index is 1.97. The van der Waals surface area contributed by atoms with Crippen molar-refractivity contribution in [2.24, 2.45) is 7.05 Å². The van der Waals surface area contributed by atoms with E-state index < -0.39 is 10.0 Å². The smallest absolute Gasteiger partial charge is 0.246 e. The number of aromatic amines is 1. The molecule has 0 fully saturated rings. The van der Waals surface area contributed by atoms with Gasteiger partial charge in [-0.1, -0.05) is 0 Å². The van der Waals surface area contributed by atoms with Crippen molar-refractivity contribution in [1.82, 2.24) is 24.7 Å². The molecule has 0 atom stereocenters. The number of hydrogen-bond donors (Lipinski definition) is 3. The molecule has 21 heavy (non-hydrogen) atoms. The predicted molar refractivity (Wildman–Crippen MR) is 79.2 cm³/mol. The quantitative estimate of drug-likeness (QED) is 0.661. The lowest BCUT2D eigenvalue weighted by Crippen LogP contribution is -2.26. The van der Waals surface area contributed by atoms with Gasteiger partial charge >= 0.3 is 0 Å². The van der Waals surface area contributed by atoms with Crippen LogP contribution in [0.3, 0.4) is 0 Å². The van der Waals surface area contributed by atoms with Gasteiger partial charge in [-0.25, -0.2) is 13.1 Å². The van der Waals surface area contributed by atoms with E-state index in [2.05, 4.69) is 20.0 Å². The second-order valence-corrected chi connectivity index (χ2v) is 6.65. The van der Waals surface area contributed by atoms with E-state index in [0.717, 1.165) is 17.7 Å². The third kappa shape index (κ3) is 3.24. The van der Waals surface area contributed by atoms with E-state index in [1.165, 1.54) is 4.68 Å². The second-order valence-electron chi connectivity index (χ2n) is 4.94. The van der Waals surface area contributed by atoms with Gasteiger partial charge in [-0.3, -0.25) is 9.78 Å². The Labute approximate surface area is 123 Å². The molecule has 0 unspecified atom stereocenters. The van der Waals surface area contributed by atoms with Crippen molar-refractivity contribution in [3.05, 3.63) is 23.1 Å². The Morgan fingerprint density at radius 2 is 2.14 bits per heavy atom. The normalized spacial score (nSPS) is 12.0. The van der Waals surface area contributed by atoms with Crippen molar-refractivity contribution in [1.29, 1.82) is 0 Å². The van der Waals surface area contributed by atoms with Crippen LogP contribution in [0.5, 0.6) is 0 Å². The zero-order valence-electron chi connectivity index (χ0n) is 12.3. The number of sulfonamides is 1. The van der Waals surface area contributed by atoms with Gasteiger partial charge in [0.25, 0.3) is 0 Å². The van der Waals surface area contributed by atoms with Crippen LogP contribution in [-0.4, -0.2) is 34.9 Å². The monoisotopic (exact) mass is 312 g/mol. The molecule has 116 valence electrons. The Hall–Kier alpha value is -1.87. The first kappa shape index (κ1) is 15.5. The van der Waals surface area contributed by atoms with Gasteiger partial charge in [-0.2, -0.15) is 10.2 Å². The summed E-state index contributed by atoms with van der Waals surface area (Å²) in [6.07, 6.45) is 3.19. The highest BCUT2D eigenvalue weighted by atomic mass is 32.2. The largest absolute Gasteiger partial charge is 0.381 e. The number of H-pyrrole nitrogens is 1. The summed E-state index contributed by atoms with van der Waals surface area (Å²) in [7, 11) is -1.97. The number of nitrogens with two attached hydrogens (primary N) is 1. The zero-order valence-corrected chi connectivity index (χ0v) is 13.2. The maximum atomic E-state index is 12.3. The minimum absolute atomic E-state index is 0.0215. The molecule has 8 nitrogen and oxygen atoms in total. The van der Waals surface area contributed by atoms with Crippen LogP contribution in [-0.2, 0) is 23.5 Å². The van der Waals surface area contributed by atoms with E-state index in [1.54, 1.807) is 20.2 Å². The highest BCUT2D eigenvalue weighted by molar-refractivity contribution is 7.89. The van der Waals surface area contributed by atoms with Gasteiger partial charge in [0.05, 0.1) is 11.9 Å². The highest BCUT2D eigenvalue weighted by Crippen LogP contribution is 2.20. The number of aryl methyl sites for hydroxylation is 3. The average molecular weight is 312 g/mol. The summed E-state index contributed by atoms with van der Waals surface area (Å²) in [6, 6.07) is 0. The van der Waals surface area contributed by atoms with Gasteiger partial charge < -0.3 is 5.73 Å². The molecule has 9 heteroatoms. The van der Waals surface area contributed by atoms with Crippen LogP contribution >= 0.6 is 0 Å². The number of anilines is 1. The second kappa shape index (κ2) is 5.86. The number of nitrogen functional groups attached to an aromatic ring is 1. The molecule has 0 aliphatic carbocycles. The first-order chi connectivity index (χ1) is 9.83. The third-order valence-electron chi connectivity index (χ3n) is 3.42. The minimum Gasteiger partial charge on any atom is -0.381 e. The van der Waals surface area contributed by atoms with E-state index in [0.29, 0.717) is 18.7 Å². The molecule has 0 aliphatic rings. The van der Waals surface area contributed by atoms with Gasteiger partial charge in [0.2, 0.25) is 10.0 Å². The van der Waals surface area contributed by atoms with E-state index in [9.17, 15) is 8.42 Å². The summed E-state index contributed by atoms with van der Waals surface area (Å²) in [5.41, 5.74) is 8.28. The van der Waals surface area contributed by atoms with Crippen molar-refractivity contribution >= 4 is 15.8 Å². The molecule has 2 aromatic heterocycles. The van der Waals surface area contributed by atoms with Crippen molar-refractivity contribution in [2.45, 2.75) is 31.6 Å². The Morgan fingerprint density at radius 1 is 1.43 bits per heavy atom. The van der Waals surface area contributed by atoms with Crippen LogP contribution in [0.1, 0.15) is 23.4 Å². The van der Waals surface area contributed by atoms with Crippen LogP contribution in [0.2, 0.25) is 0 Å². The third-order valence-corrected chi connectivity index (χ3v) is 5.05. The van der Waals surface area contributed by atoms with Crippen LogP contribution in [0.15, 0.2) is 11.1 Å². The van der Waals surface area contributed by atoms with Crippen LogP contribution < -0.4 is 10.5 Å². The van der Waals surface area contributed by atoms with Crippen LogP contribution in [0.25, 0.3) is 0 Å². The predicted octanol–water partition coefficient (Wildman–Crippen LogP) is 0.253. The van der Waals surface area contributed by atoms with E-state index in [1.807, 2.05) is 6.92 Å². The van der Waals surface area contributed by atoms with Crippen molar-refractivity contribution in [3.8, 4) is 0 Å². The molecular formula is C12H20N6O2S. The topological polar surface area (TPSA) is 119 Å². The Morgan fingerprint density at radius 3 is 2.67 bits per heavy atom. The van der Waals surface area contributed by atoms with E-state index in [4.69, 9.17) is 5.73 Å². The molecule has 0 bridgehead atoms. The van der Waals surface area contributed by atoms with Gasteiger partial charge in [-0.05, 0) is 32.3 Å². The maximum Gasteiger partial charge on any atom is 0.246 e. The number of aromatic nitrogens is 4. The SMILES string of the molecule is Cc1[nH]ncc1CCCNS(=O)(=O)c1c(N)nn(C)c1C. The van der Waals surface area contributed by atoms with Crippen LogP contribution in [0, 0.1) is 13.8 Å². The summed E-state index contributed by atoms with van der Waals surface area (Å²) in [6.45, 7) is 3.94. The fourth-order valence-electron chi connectivity index (χ4n) is 2.13. The molecule has 0 spiro atoms. The highest BCUT2D eigenvalue weighted by Gasteiger charge is 2.23. The number of nitrogens with zero attached hydrogens (tertiary/aromatic N) is 3. The molecule has 0 aromatic carbocycles. The lowest BCUT2D eigenvalue weighted by molar-refractivity contribution is 0.578. The van der Waals surface area contributed by atoms with E-state index >= 15 is 0 Å². The molecule has 2 aromatic rings. The van der Waals surface area contributed by atoms with Gasteiger partial charge in [-0.15, -0.1) is 0 Å². The molecule has 0 amide bonds. The summed E-state index contributed by atoms with van der Waals surface area (Å²) in [5.74, 6) is 0.0215. The summed E-state index contributed by atoms with van der Waals surface area (Å²) in [4.78, 5) is 0.0597. The molecule has 0 aliphatic heterocycles. The number of hydrogen-bond acceptors (Lipinski definition) is 5. The van der Waals surface area contributed by atoms with Gasteiger partial charge in [0.15, 0.2) is 5.82 Å². The van der Waals surface area contributed by atoms with E-state index in [-0.39, 0.29) is 10.7 Å². The molecule has 4 N–H and O–H groups in total. The molecule has 0 radical (unpaired) electrons. The van der Waals surface area contributed by atoms with Gasteiger partial charge in [0.1, 0.15) is 4.90 Å². The fraction of sp³-hybridized carbons (Fsp3) is 0.500. The molecule has 0 saturated heterocycles. The lowest BCUT2D eigenvalue weighted by atomic mass is 10.1. The lowest BCUT2D eigenvalue weighted by Gasteiger charge is -2.06. The van der Waals surface area contributed by atoms with Gasteiger partial charge in [0, 0.05) is 19.3 Å². The number of nitrogens with one attached hydrogen (secondary N) is 2.